The molecule has 0 radical (unpaired) electrons. The Hall–Kier alpha value is -2.82. The van der Waals surface area contributed by atoms with E-state index in [1.165, 1.54) is 0 Å². The molecule has 1 aromatic carbocycles. The predicted molar refractivity (Wildman–Crippen MR) is 156 cm³/mol. The van der Waals surface area contributed by atoms with E-state index in [9.17, 15) is 20.4 Å². The lowest BCUT2D eigenvalue weighted by atomic mass is 9.94. The first-order valence-electron chi connectivity index (χ1n) is 14.3. The number of phenolic OH excluding ortho intramolecular Hbond substituents is 1. The number of nitrogens with one attached hydrogen (secondary N) is 3. The maximum Gasteiger partial charge on any atom is 0.161 e. The summed E-state index contributed by atoms with van der Waals surface area (Å²) in [5.41, 5.74) is 3.49. The second kappa shape index (κ2) is 15.8. The average Bonchev–Trinajstić information content (AvgIpc) is 3.59. The number of aromatic hydroxyl groups is 1. The van der Waals surface area contributed by atoms with Crippen LogP contribution in [0.1, 0.15) is 79.5 Å². The van der Waals surface area contributed by atoms with Gasteiger partial charge in [0.25, 0.3) is 0 Å². The first-order valence-corrected chi connectivity index (χ1v) is 14.3. The number of aromatic nitrogens is 1. The van der Waals surface area contributed by atoms with Gasteiger partial charge < -0.3 is 45.2 Å². The van der Waals surface area contributed by atoms with Crippen LogP contribution in [0.4, 0.5) is 0 Å². The van der Waals surface area contributed by atoms with Gasteiger partial charge in [-0.3, -0.25) is 0 Å². The fourth-order valence-electron chi connectivity index (χ4n) is 4.77. The van der Waals surface area contributed by atoms with Gasteiger partial charge >= 0.3 is 0 Å². The van der Waals surface area contributed by atoms with Crippen molar-refractivity contribution < 1.29 is 29.6 Å². The number of hydrogen-bond donors (Lipinski definition) is 7. The standard InChI is InChI=1S/C31H47N3O6/c1-5-6-7-30-24(18-35)13-25(40-30)10-8-22-9-11-28(37)31(12-22)39-19-29(38)26-14-23(16-34-26)21(3)27(17-32-4)33-15-20(2)36/h9,11-14,16,20-21,27,29,32-38H,5-8,10,15,17-19H2,1-4H3. The Morgan fingerprint density at radius 2 is 1.85 bits per heavy atom. The Kier molecular flexibility index (Phi) is 12.5. The molecule has 2 heterocycles. The summed E-state index contributed by atoms with van der Waals surface area (Å²) in [5.74, 6) is 2.15. The largest absolute Gasteiger partial charge is 0.504 e. The van der Waals surface area contributed by atoms with Gasteiger partial charge in [0, 0.05) is 49.4 Å². The van der Waals surface area contributed by atoms with Crippen molar-refractivity contribution in [2.45, 2.75) is 83.6 Å². The van der Waals surface area contributed by atoms with Crippen molar-refractivity contribution in [2.24, 2.45) is 0 Å². The van der Waals surface area contributed by atoms with E-state index in [0.717, 1.165) is 54.0 Å². The summed E-state index contributed by atoms with van der Waals surface area (Å²) >= 11 is 0. The van der Waals surface area contributed by atoms with Gasteiger partial charge in [0.15, 0.2) is 11.5 Å². The smallest absolute Gasteiger partial charge is 0.161 e. The van der Waals surface area contributed by atoms with E-state index in [-0.39, 0.29) is 30.9 Å². The van der Waals surface area contributed by atoms with Gasteiger partial charge in [-0.1, -0.05) is 26.3 Å². The molecule has 222 valence electrons. The third-order valence-corrected chi connectivity index (χ3v) is 7.27. The van der Waals surface area contributed by atoms with Crippen LogP contribution in [-0.4, -0.2) is 64.3 Å². The molecule has 3 aromatic rings. The molecule has 0 saturated carbocycles. The highest BCUT2D eigenvalue weighted by Gasteiger charge is 2.21. The van der Waals surface area contributed by atoms with Gasteiger partial charge in [0.1, 0.15) is 24.2 Å². The highest BCUT2D eigenvalue weighted by atomic mass is 16.5. The van der Waals surface area contributed by atoms with Crippen molar-refractivity contribution in [3.63, 3.8) is 0 Å². The molecule has 0 aliphatic rings. The Morgan fingerprint density at radius 1 is 1.05 bits per heavy atom. The number of furan rings is 1. The summed E-state index contributed by atoms with van der Waals surface area (Å²) < 4.78 is 11.8. The first-order chi connectivity index (χ1) is 19.2. The highest BCUT2D eigenvalue weighted by Crippen LogP contribution is 2.30. The second-order valence-corrected chi connectivity index (χ2v) is 10.7. The molecule has 0 spiro atoms. The molecule has 9 heteroatoms. The number of aryl methyl sites for hydroxylation is 3. The molecule has 9 nitrogen and oxygen atoms in total. The molecular weight excluding hydrogens is 510 g/mol. The Morgan fingerprint density at radius 3 is 2.55 bits per heavy atom. The lowest BCUT2D eigenvalue weighted by Crippen LogP contribution is -2.43. The van der Waals surface area contributed by atoms with Crippen molar-refractivity contribution in [3.05, 3.63) is 70.4 Å². The van der Waals surface area contributed by atoms with Gasteiger partial charge in [-0.2, -0.15) is 0 Å². The van der Waals surface area contributed by atoms with Crippen molar-refractivity contribution in [1.82, 2.24) is 15.6 Å². The third kappa shape index (κ3) is 9.11. The van der Waals surface area contributed by atoms with Crippen molar-refractivity contribution in [3.8, 4) is 11.5 Å². The van der Waals surface area contributed by atoms with Crippen molar-refractivity contribution in [2.75, 3.05) is 26.7 Å². The summed E-state index contributed by atoms with van der Waals surface area (Å²) in [6.07, 6.45) is 4.80. The minimum Gasteiger partial charge on any atom is -0.504 e. The summed E-state index contributed by atoms with van der Waals surface area (Å²) in [6, 6.07) is 9.19. The second-order valence-electron chi connectivity index (χ2n) is 10.7. The van der Waals surface area contributed by atoms with Crippen LogP contribution < -0.4 is 15.4 Å². The quantitative estimate of drug-likeness (QED) is 0.125. The number of likely N-dealkylation sites (N-methyl/N-ethyl adjacent to an activating group) is 1. The Labute approximate surface area is 237 Å². The summed E-state index contributed by atoms with van der Waals surface area (Å²) in [6.45, 7) is 7.17. The van der Waals surface area contributed by atoms with E-state index in [1.807, 2.05) is 31.4 Å². The predicted octanol–water partition coefficient (Wildman–Crippen LogP) is 3.71. The molecule has 0 saturated heterocycles. The maximum atomic E-state index is 10.8. The molecule has 0 fully saturated rings. The molecule has 2 aromatic heterocycles. The molecule has 4 unspecified atom stereocenters. The number of ether oxygens (including phenoxy) is 1. The lowest BCUT2D eigenvalue weighted by Gasteiger charge is -2.25. The highest BCUT2D eigenvalue weighted by molar-refractivity contribution is 5.42. The number of benzene rings is 1. The maximum absolute atomic E-state index is 10.8. The number of aliphatic hydroxyl groups excluding tert-OH is 3. The molecule has 0 aliphatic heterocycles. The zero-order valence-electron chi connectivity index (χ0n) is 24.2. The minimum absolute atomic E-state index is 0.0123. The zero-order chi connectivity index (χ0) is 29.1. The molecule has 0 amide bonds. The van der Waals surface area contributed by atoms with Crippen molar-refractivity contribution >= 4 is 0 Å². The molecular formula is C31H47N3O6. The molecule has 40 heavy (non-hydrogen) atoms. The number of aromatic amines is 1. The summed E-state index contributed by atoms with van der Waals surface area (Å²) in [7, 11) is 1.90. The van der Waals surface area contributed by atoms with E-state index in [4.69, 9.17) is 9.15 Å². The van der Waals surface area contributed by atoms with Crippen LogP contribution in [0.25, 0.3) is 0 Å². The Bertz CT molecular complexity index is 1160. The topological polar surface area (TPSA) is 143 Å². The van der Waals surface area contributed by atoms with Crippen LogP contribution in [0.3, 0.4) is 0 Å². The third-order valence-electron chi connectivity index (χ3n) is 7.27. The van der Waals surface area contributed by atoms with E-state index in [1.54, 1.807) is 19.1 Å². The van der Waals surface area contributed by atoms with E-state index < -0.39 is 12.2 Å². The van der Waals surface area contributed by atoms with Crippen LogP contribution in [-0.2, 0) is 25.9 Å². The minimum atomic E-state index is -0.904. The van der Waals surface area contributed by atoms with Crippen LogP contribution >= 0.6 is 0 Å². The number of H-pyrrole nitrogens is 1. The van der Waals surface area contributed by atoms with Gasteiger partial charge in [0.05, 0.1) is 12.7 Å². The van der Waals surface area contributed by atoms with E-state index in [2.05, 4.69) is 29.5 Å². The Balaban J connectivity index is 1.58. The monoisotopic (exact) mass is 557 g/mol. The summed E-state index contributed by atoms with van der Waals surface area (Å²) in [4.78, 5) is 3.15. The number of aliphatic hydroxyl groups is 3. The van der Waals surface area contributed by atoms with Crippen LogP contribution in [0.15, 0.2) is 40.9 Å². The van der Waals surface area contributed by atoms with E-state index in [0.29, 0.717) is 30.8 Å². The molecule has 3 rings (SSSR count). The fraction of sp³-hybridized carbons (Fsp3) is 0.548. The van der Waals surface area contributed by atoms with Gasteiger partial charge in [-0.15, -0.1) is 0 Å². The summed E-state index contributed by atoms with van der Waals surface area (Å²) in [5, 5.41) is 47.0. The zero-order valence-corrected chi connectivity index (χ0v) is 24.2. The van der Waals surface area contributed by atoms with Crippen LogP contribution in [0.2, 0.25) is 0 Å². The first kappa shape index (κ1) is 31.7. The van der Waals surface area contributed by atoms with Gasteiger partial charge in [0.2, 0.25) is 0 Å². The fourth-order valence-corrected chi connectivity index (χ4v) is 4.77. The molecule has 0 bridgehead atoms. The van der Waals surface area contributed by atoms with Crippen molar-refractivity contribution in [1.29, 1.82) is 0 Å². The normalized spacial score (nSPS) is 14.7. The average molecular weight is 558 g/mol. The molecule has 4 atom stereocenters. The molecule has 7 N–H and O–H groups in total. The van der Waals surface area contributed by atoms with Crippen LogP contribution in [0, 0.1) is 0 Å². The number of hydrogen-bond acceptors (Lipinski definition) is 8. The number of phenols is 1. The van der Waals surface area contributed by atoms with Gasteiger partial charge in [-0.05, 0) is 68.1 Å². The number of rotatable bonds is 18. The van der Waals surface area contributed by atoms with Gasteiger partial charge in [-0.25, -0.2) is 0 Å². The molecule has 0 aliphatic carbocycles. The lowest BCUT2D eigenvalue weighted by molar-refractivity contribution is 0.103. The van der Waals surface area contributed by atoms with E-state index >= 15 is 0 Å². The number of unbranched alkanes of at least 4 members (excludes halogenated alkanes) is 1. The van der Waals surface area contributed by atoms with Crippen LogP contribution in [0.5, 0.6) is 11.5 Å². The SMILES string of the molecule is CCCCc1oc(CCc2ccc(O)c(OCC(O)c3cc(C(C)C(CNC)NCC(C)O)c[nH]3)c2)cc1CO.